The van der Waals surface area contributed by atoms with Crippen molar-refractivity contribution in [1.82, 2.24) is 10.2 Å². The number of hydrogen-bond donors (Lipinski definition) is 2. The maximum absolute atomic E-state index is 11.8. The van der Waals surface area contributed by atoms with Crippen LogP contribution in [0.3, 0.4) is 0 Å². The van der Waals surface area contributed by atoms with E-state index in [1.807, 2.05) is 14.0 Å². The molecular weight excluding hydrogens is 250 g/mol. The Morgan fingerprint density at radius 2 is 2.20 bits per heavy atom. The molecule has 0 fully saturated rings. The predicted molar refractivity (Wildman–Crippen MR) is 83.4 cm³/mol. The zero-order valence-electron chi connectivity index (χ0n) is 12.9. The molecule has 112 valence electrons. The van der Waals surface area contributed by atoms with Crippen LogP contribution in [0.25, 0.3) is 0 Å². The molecule has 1 amide bonds. The van der Waals surface area contributed by atoms with Gasteiger partial charge in [-0.05, 0) is 26.0 Å². The molecule has 1 atom stereocenters. The van der Waals surface area contributed by atoms with Crippen LogP contribution in [0.4, 0.5) is 0 Å². The summed E-state index contributed by atoms with van der Waals surface area (Å²) in [6.07, 6.45) is 1.41. The van der Waals surface area contributed by atoms with Crippen molar-refractivity contribution in [3.8, 4) is 0 Å². The fourth-order valence-corrected chi connectivity index (χ4v) is 2.20. The third-order valence-corrected chi connectivity index (χ3v) is 3.40. The first-order valence-electron chi connectivity index (χ1n) is 7.29. The van der Waals surface area contributed by atoms with Crippen molar-refractivity contribution in [3.05, 3.63) is 35.4 Å². The summed E-state index contributed by atoms with van der Waals surface area (Å²) < 4.78 is 0. The summed E-state index contributed by atoms with van der Waals surface area (Å²) in [5, 5.41) is 2.90. The Morgan fingerprint density at radius 3 is 2.80 bits per heavy atom. The van der Waals surface area contributed by atoms with Crippen LogP contribution in [0, 0.1) is 6.92 Å². The lowest BCUT2D eigenvalue weighted by Gasteiger charge is -2.26. The van der Waals surface area contributed by atoms with Crippen molar-refractivity contribution in [2.45, 2.75) is 39.3 Å². The molecule has 1 rings (SSSR count). The van der Waals surface area contributed by atoms with Crippen molar-refractivity contribution in [2.75, 3.05) is 20.1 Å². The molecule has 20 heavy (non-hydrogen) atoms. The van der Waals surface area contributed by atoms with E-state index >= 15 is 0 Å². The van der Waals surface area contributed by atoms with E-state index in [1.165, 1.54) is 11.1 Å². The Kier molecular flexibility index (Phi) is 7.26. The minimum absolute atomic E-state index is 0.0763. The van der Waals surface area contributed by atoms with Gasteiger partial charge in [-0.25, -0.2) is 0 Å². The first-order chi connectivity index (χ1) is 9.56. The second kappa shape index (κ2) is 8.72. The minimum atomic E-state index is 0.0763. The number of rotatable bonds is 8. The zero-order chi connectivity index (χ0) is 15.0. The maximum atomic E-state index is 11.8. The average molecular weight is 277 g/mol. The Balaban J connectivity index is 2.54. The van der Waals surface area contributed by atoms with Gasteiger partial charge in [-0.2, -0.15) is 0 Å². The average Bonchev–Trinajstić information content (AvgIpc) is 2.42. The van der Waals surface area contributed by atoms with Crippen LogP contribution in [0.1, 0.15) is 30.9 Å². The van der Waals surface area contributed by atoms with E-state index in [-0.39, 0.29) is 11.9 Å². The summed E-state index contributed by atoms with van der Waals surface area (Å²) in [6.45, 7) is 6.16. The predicted octanol–water partition coefficient (Wildman–Crippen LogP) is 1.67. The highest BCUT2D eigenvalue weighted by Crippen LogP contribution is 2.10. The van der Waals surface area contributed by atoms with Gasteiger partial charge >= 0.3 is 0 Å². The Labute approximate surface area is 122 Å². The topological polar surface area (TPSA) is 58.4 Å². The fraction of sp³-hybridized carbons (Fsp3) is 0.562. The third-order valence-electron chi connectivity index (χ3n) is 3.40. The summed E-state index contributed by atoms with van der Waals surface area (Å²) in [5.41, 5.74) is 8.31. The molecule has 3 N–H and O–H groups in total. The number of carbonyl (C=O) groups is 1. The van der Waals surface area contributed by atoms with Gasteiger partial charge in [-0.1, -0.05) is 36.8 Å². The molecule has 0 heterocycles. The number of nitrogens with zero attached hydrogens (tertiary/aromatic N) is 1. The zero-order valence-corrected chi connectivity index (χ0v) is 12.9. The summed E-state index contributed by atoms with van der Waals surface area (Å²) in [6, 6.07) is 8.49. The van der Waals surface area contributed by atoms with Crippen LogP contribution in [0.15, 0.2) is 24.3 Å². The Morgan fingerprint density at radius 1 is 1.45 bits per heavy atom. The van der Waals surface area contributed by atoms with E-state index in [2.05, 4.69) is 41.4 Å². The van der Waals surface area contributed by atoms with Crippen molar-refractivity contribution in [1.29, 1.82) is 0 Å². The van der Waals surface area contributed by atoms with Crippen LogP contribution >= 0.6 is 0 Å². The molecule has 1 aromatic carbocycles. The molecule has 0 aliphatic carbocycles. The van der Waals surface area contributed by atoms with Gasteiger partial charge in [0, 0.05) is 32.1 Å². The monoisotopic (exact) mass is 277 g/mol. The minimum Gasteiger partial charge on any atom is -0.356 e. The largest absolute Gasteiger partial charge is 0.356 e. The number of nitrogens with one attached hydrogen (secondary N) is 1. The quantitative estimate of drug-likeness (QED) is 0.760. The molecule has 0 spiro atoms. The molecule has 0 radical (unpaired) electrons. The van der Waals surface area contributed by atoms with Crippen LogP contribution in [-0.2, 0) is 11.3 Å². The van der Waals surface area contributed by atoms with E-state index in [0.717, 1.165) is 19.5 Å². The Hall–Kier alpha value is -1.39. The highest BCUT2D eigenvalue weighted by atomic mass is 16.1. The van der Waals surface area contributed by atoms with Gasteiger partial charge in [-0.3, -0.25) is 9.69 Å². The van der Waals surface area contributed by atoms with Crippen molar-refractivity contribution < 1.29 is 4.79 Å². The van der Waals surface area contributed by atoms with Crippen LogP contribution < -0.4 is 11.1 Å². The third kappa shape index (κ3) is 5.72. The maximum Gasteiger partial charge on any atom is 0.221 e. The summed E-state index contributed by atoms with van der Waals surface area (Å²) >= 11 is 0. The van der Waals surface area contributed by atoms with Crippen molar-refractivity contribution in [3.63, 3.8) is 0 Å². The highest BCUT2D eigenvalue weighted by Gasteiger charge is 2.17. The first-order valence-corrected chi connectivity index (χ1v) is 7.29. The number of aryl methyl sites for hydroxylation is 1. The molecule has 4 nitrogen and oxygen atoms in total. The molecular formula is C16H27N3O. The van der Waals surface area contributed by atoms with Gasteiger partial charge in [0.25, 0.3) is 0 Å². The first kappa shape index (κ1) is 16.7. The lowest BCUT2D eigenvalue weighted by molar-refractivity contribution is -0.122. The van der Waals surface area contributed by atoms with E-state index < -0.39 is 0 Å². The smallest absolute Gasteiger partial charge is 0.221 e. The number of hydrogen-bond acceptors (Lipinski definition) is 3. The molecule has 0 saturated carbocycles. The Bertz CT molecular complexity index is 420. The molecule has 0 aliphatic rings. The van der Waals surface area contributed by atoms with E-state index in [4.69, 9.17) is 5.73 Å². The number of carbonyl (C=O) groups excluding carboxylic acids is 1. The van der Waals surface area contributed by atoms with Gasteiger partial charge < -0.3 is 11.1 Å². The number of amides is 1. The molecule has 4 heteroatoms. The number of benzene rings is 1. The van der Waals surface area contributed by atoms with Crippen LogP contribution in [-0.4, -0.2) is 37.0 Å². The summed E-state index contributed by atoms with van der Waals surface area (Å²) in [7, 11) is 2.02. The standard InChI is InChI=1S/C16H27N3O/c1-4-8-18-16(20)10-15(11-17)19(3)12-14-7-5-6-13(2)9-14/h5-7,9,15H,4,8,10-12,17H2,1-3H3,(H,18,20). The van der Waals surface area contributed by atoms with Crippen molar-refractivity contribution in [2.24, 2.45) is 5.73 Å². The molecule has 0 aliphatic heterocycles. The summed E-state index contributed by atoms with van der Waals surface area (Å²) in [4.78, 5) is 13.9. The summed E-state index contributed by atoms with van der Waals surface area (Å²) in [5.74, 6) is 0.0818. The number of likely N-dealkylation sites (N-methyl/N-ethyl adjacent to an activating group) is 1. The molecule has 1 aromatic rings. The molecule has 0 saturated heterocycles. The SMILES string of the molecule is CCCNC(=O)CC(CN)N(C)Cc1cccc(C)c1. The fourth-order valence-electron chi connectivity index (χ4n) is 2.20. The molecule has 0 bridgehead atoms. The lowest BCUT2D eigenvalue weighted by atomic mass is 10.1. The van der Waals surface area contributed by atoms with E-state index in [0.29, 0.717) is 13.0 Å². The van der Waals surface area contributed by atoms with Gasteiger partial charge in [0.05, 0.1) is 0 Å². The van der Waals surface area contributed by atoms with Crippen LogP contribution in [0.2, 0.25) is 0 Å². The van der Waals surface area contributed by atoms with Gasteiger partial charge in [0.2, 0.25) is 5.91 Å². The second-order valence-electron chi connectivity index (χ2n) is 5.35. The van der Waals surface area contributed by atoms with Gasteiger partial charge in [-0.15, -0.1) is 0 Å². The van der Waals surface area contributed by atoms with Crippen molar-refractivity contribution >= 4 is 5.91 Å². The van der Waals surface area contributed by atoms with E-state index in [1.54, 1.807) is 0 Å². The second-order valence-corrected chi connectivity index (χ2v) is 5.35. The number of nitrogens with two attached hydrogens (primary N) is 1. The van der Waals surface area contributed by atoms with E-state index in [9.17, 15) is 4.79 Å². The van der Waals surface area contributed by atoms with Gasteiger partial charge in [0.1, 0.15) is 0 Å². The molecule has 1 unspecified atom stereocenters. The van der Waals surface area contributed by atoms with Gasteiger partial charge in [0.15, 0.2) is 0 Å². The normalized spacial score (nSPS) is 12.4. The van der Waals surface area contributed by atoms with Crippen LogP contribution in [0.5, 0.6) is 0 Å². The highest BCUT2D eigenvalue weighted by molar-refractivity contribution is 5.76. The molecule has 0 aromatic heterocycles. The lowest BCUT2D eigenvalue weighted by Crippen LogP contribution is -2.41.